The summed E-state index contributed by atoms with van der Waals surface area (Å²) in [6.07, 6.45) is 1.48. The first-order valence-electron chi connectivity index (χ1n) is 12.0. The summed E-state index contributed by atoms with van der Waals surface area (Å²) in [5.74, 6) is -0.398. The first-order valence-corrected chi connectivity index (χ1v) is 12.0. The van der Waals surface area contributed by atoms with E-state index in [4.69, 9.17) is 4.74 Å². The Hall–Kier alpha value is -5.38. The lowest BCUT2D eigenvalue weighted by Crippen LogP contribution is -2.16. The Morgan fingerprint density at radius 1 is 1.05 bits per heavy atom. The number of aromatic hydroxyl groups is 2. The quantitative estimate of drug-likeness (QED) is 0.177. The van der Waals surface area contributed by atoms with Crippen molar-refractivity contribution < 1.29 is 24.5 Å². The van der Waals surface area contributed by atoms with Gasteiger partial charge in [-0.05, 0) is 43.3 Å². The number of carbonyl (C=O) groups excluding carboxylic acids is 2. The standard InChI is InChI=1S/C29H25N5O5/c1-16-11-24(34(2)33-16)29(38)31-20-6-4-5-17(12-20)27(36)18-7-9-21-22(28(37)32-23(21)13-18)15-30-19-8-10-26(39-3)25(35)14-19/h4-15,32,35,37H,1-3H3,(H,31,38). The number of hydrogen-bond acceptors (Lipinski definition) is 7. The molecule has 0 unspecified atom stereocenters. The van der Waals surface area contributed by atoms with Crippen LogP contribution in [0.3, 0.4) is 0 Å². The SMILES string of the molecule is COc1ccc(N=Cc2c(O)[nH]c3cc(C(=O)c4cccc(NC(=O)c5cc(C)nn5C)c4)ccc23)cc1O. The van der Waals surface area contributed by atoms with Crippen LogP contribution >= 0.6 is 0 Å². The number of nitrogens with one attached hydrogen (secondary N) is 2. The number of amides is 1. The lowest BCUT2D eigenvalue weighted by atomic mass is 10.0. The minimum absolute atomic E-state index is 0.0471. The molecule has 4 N–H and O–H groups in total. The van der Waals surface area contributed by atoms with Crippen molar-refractivity contribution in [3.8, 4) is 17.4 Å². The van der Waals surface area contributed by atoms with Gasteiger partial charge in [0.1, 0.15) is 5.69 Å². The van der Waals surface area contributed by atoms with Crippen molar-refractivity contribution in [2.24, 2.45) is 12.0 Å². The van der Waals surface area contributed by atoms with Crippen molar-refractivity contribution in [1.29, 1.82) is 0 Å². The van der Waals surface area contributed by atoms with Gasteiger partial charge in [-0.15, -0.1) is 0 Å². The molecule has 0 aliphatic rings. The van der Waals surface area contributed by atoms with Crippen molar-refractivity contribution in [3.63, 3.8) is 0 Å². The fraction of sp³-hybridized carbons (Fsp3) is 0.103. The molecule has 1 amide bonds. The highest BCUT2D eigenvalue weighted by molar-refractivity contribution is 6.13. The van der Waals surface area contributed by atoms with Crippen molar-refractivity contribution in [2.45, 2.75) is 6.92 Å². The van der Waals surface area contributed by atoms with E-state index in [1.165, 1.54) is 24.1 Å². The van der Waals surface area contributed by atoms with Gasteiger partial charge in [-0.3, -0.25) is 19.3 Å². The van der Waals surface area contributed by atoms with Crippen molar-refractivity contribution in [3.05, 3.63) is 94.8 Å². The Morgan fingerprint density at radius 2 is 1.85 bits per heavy atom. The number of ketones is 1. The zero-order valence-corrected chi connectivity index (χ0v) is 21.4. The van der Waals surface area contributed by atoms with Gasteiger partial charge in [0.25, 0.3) is 5.91 Å². The number of hydrogen-bond donors (Lipinski definition) is 4. The molecular formula is C29H25N5O5. The van der Waals surface area contributed by atoms with E-state index in [9.17, 15) is 19.8 Å². The number of ether oxygens (including phenoxy) is 1. The van der Waals surface area contributed by atoms with Crippen molar-refractivity contribution in [1.82, 2.24) is 14.8 Å². The highest BCUT2D eigenvalue weighted by Gasteiger charge is 2.16. The second kappa shape index (κ2) is 10.2. The van der Waals surface area contributed by atoms with E-state index < -0.39 is 0 Å². The Labute approximate surface area is 223 Å². The van der Waals surface area contributed by atoms with Crippen LogP contribution in [0.25, 0.3) is 10.9 Å². The van der Waals surface area contributed by atoms with Gasteiger partial charge in [-0.2, -0.15) is 5.10 Å². The number of carbonyl (C=O) groups is 2. The number of aryl methyl sites for hydroxylation is 2. The summed E-state index contributed by atoms with van der Waals surface area (Å²) in [5.41, 5.74) is 3.87. The minimum atomic E-state index is -0.329. The molecule has 0 saturated heterocycles. The zero-order chi connectivity index (χ0) is 27.7. The summed E-state index contributed by atoms with van der Waals surface area (Å²) >= 11 is 0. The molecule has 0 bridgehead atoms. The van der Waals surface area contributed by atoms with Gasteiger partial charge >= 0.3 is 0 Å². The molecule has 10 nitrogen and oxygen atoms in total. The third-order valence-corrected chi connectivity index (χ3v) is 6.20. The first kappa shape index (κ1) is 25.3. The van der Waals surface area contributed by atoms with Crippen LogP contribution in [0, 0.1) is 6.92 Å². The molecule has 0 atom stereocenters. The van der Waals surface area contributed by atoms with E-state index in [1.807, 2.05) is 0 Å². The number of phenols is 1. The molecular weight excluding hydrogens is 498 g/mol. The molecule has 0 aliphatic heterocycles. The van der Waals surface area contributed by atoms with Crippen LogP contribution in [-0.2, 0) is 7.05 Å². The molecule has 5 rings (SSSR count). The van der Waals surface area contributed by atoms with Gasteiger partial charge in [-0.25, -0.2) is 0 Å². The van der Waals surface area contributed by atoms with E-state index in [-0.39, 0.29) is 23.3 Å². The van der Waals surface area contributed by atoms with Crippen molar-refractivity contribution >= 4 is 40.2 Å². The third kappa shape index (κ3) is 5.08. The van der Waals surface area contributed by atoms with Gasteiger partial charge in [0.05, 0.1) is 24.1 Å². The number of methoxy groups -OCH3 is 1. The summed E-state index contributed by atoms with van der Waals surface area (Å²) < 4.78 is 6.54. The Balaban J connectivity index is 1.37. The molecule has 0 spiro atoms. The highest BCUT2D eigenvalue weighted by atomic mass is 16.5. The molecule has 0 aliphatic carbocycles. The molecule has 5 aromatic rings. The molecule has 2 heterocycles. The van der Waals surface area contributed by atoms with Crippen LogP contribution in [0.4, 0.5) is 11.4 Å². The number of aromatic nitrogens is 3. The number of nitrogens with zero attached hydrogens (tertiary/aromatic N) is 3. The van der Waals surface area contributed by atoms with Gasteiger partial charge in [0.15, 0.2) is 23.2 Å². The van der Waals surface area contributed by atoms with E-state index in [0.29, 0.717) is 50.4 Å². The number of aromatic amines is 1. The van der Waals surface area contributed by atoms with Crippen LogP contribution in [0.2, 0.25) is 0 Å². The van der Waals surface area contributed by atoms with Crippen LogP contribution in [-0.4, -0.2) is 50.0 Å². The van der Waals surface area contributed by atoms with E-state index >= 15 is 0 Å². The van der Waals surface area contributed by atoms with Crippen LogP contribution in [0.1, 0.15) is 37.7 Å². The summed E-state index contributed by atoms with van der Waals surface area (Å²) in [6.45, 7) is 1.80. The molecule has 196 valence electrons. The number of anilines is 1. The summed E-state index contributed by atoms with van der Waals surface area (Å²) in [7, 11) is 3.15. The van der Waals surface area contributed by atoms with E-state index in [1.54, 1.807) is 74.6 Å². The monoisotopic (exact) mass is 523 g/mol. The molecule has 10 heteroatoms. The maximum Gasteiger partial charge on any atom is 0.273 e. The number of rotatable bonds is 7. The second-order valence-electron chi connectivity index (χ2n) is 8.92. The van der Waals surface area contributed by atoms with Gasteiger partial charge < -0.3 is 25.3 Å². The number of benzene rings is 3. The van der Waals surface area contributed by atoms with Crippen LogP contribution in [0.15, 0.2) is 71.7 Å². The number of fused-ring (bicyclic) bond motifs is 1. The molecule has 2 aromatic heterocycles. The lowest BCUT2D eigenvalue weighted by Gasteiger charge is -2.08. The summed E-state index contributed by atoms with van der Waals surface area (Å²) in [5, 5.41) is 28.1. The van der Waals surface area contributed by atoms with E-state index in [2.05, 4.69) is 20.4 Å². The Morgan fingerprint density at radius 3 is 2.56 bits per heavy atom. The maximum absolute atomic E-state index is 13.3. The molecule has 3 aromatic carbocycles. The highest BCUT2D eigenvalue weighted by Crippen LogP contribution is 2.31. The zero-order valence-electron chi connectivity index (χ0n) is 21.4. The number of aliphatic imine (C=N–C) groups is 1. The average molecular weight is 524 g/mol. The maximum atomic E-state index is 13.3. The summed E-state index contributed by atoms with van der Waals surface area (Å²) in [4.78, 5) is 33.2. The third-order valence-electron chi connectivity index (χ3n) is 6.20. The Kier molecular flexibility index (Phi) is 6.59. The van der Waals surface area contributed by atoms with Crippen LogP contribution in [0.5, 0.6) is 17.4 Å². The normalized spacial score (nSPS) is 11.3. The largest absolute Gasteiger partial charge is 0.504 e. The lowest BCUT2D eigenvalue weighted by molar-refractivity contribution is 0.101. The average Bonchev–Trinajstić information content (AvgIpc) is 3.43. The summed E-state index contributed by atoms with van der Waals surface area (Å²) in [6, 6.07) is 18.1. The van der Waals surface area contributed by atoms with Gasteiger partial charge in [0.2, 0.25) is 0 Å². The van der Waals surface area contributed by atoms with Crippen LogP contribution < -0.4 is 10.1 Å². The van der Waals surface area contributed by atoms with Gasteiger partial charge in [-0.1, -0.05) is 24.3 Å². The Bertz CT molecular complexity index is 1770. The molecule has 0 fully saturated rings. The van der Waals surface area contributed by atoms with E-state index in [0.717, 1.165) is 5.69 Å². The van der Waals surface area contributed by atoms with Gasteiger partial charge in [0, 0.05) is 47.0 Å². The molecule has 0 saturated carbocycles. The molecule has 0 radical (unpaired) electrons. The molecule has 39 heavy (non-hydrogen) atoms. The van der Waals surface area contributed by atoms with Crippen molar-refractivity contribution in [2.75, 3.05) is 12.4 Å². The fourth-order valence-electron chi connectivity index (χ4n) is 4.30. The minimum Gasteiger partial charge on any atom is -0.504 e. The smallest absolute Gasteiger partial charge is 0.273 e. The number of H-pyrrole nitrogens is 1. The second-order valence-corrected chi connectivity index (χ2v) is 8.92. The predicted molar refractivity (Wildman–Crippen MR) is 148 cm³/mol. The predicted octanol–water partition coefficient (Wildman–Crippen LogP) is 4.86. The topological polar surface area (TPSA) is 142 Å². The fourth-order valence-corrected chi connectivity index (χ4v) is 4.30. The first-order chi connectivity index (χ1) is 18.7. The number of phenolic OH excluding ortho intramolecular Hbond substituents is 1.